The SMILES string of the molecule is CCOc1cccc(CN(CCO)C(=O)c2ccccc2-n2cccn2)c1. The lowest BCUT2D eigenvalue weighted by Gasteiger charge is -2.23. The number of aliphatic hydroxyl groups is 1. The second kappa shape index (κ2) is 9.00. The average Bonchev–Trinajstić information content (AvgIpc) is 3.22. The Kier molecular flexibility index (Phi) is 6.22. The van der Waals surface area contributed by atoms with Crippen LogP contribution in [0.5, 0.6) is 5.75 Å². The summed E-state index contributed by atoms with van der Waals surface area (Å²) in [5, 5.41) is 13.7. The highest BCUT2D eigenvalue weighted by Gasteiger charge is 2.20. The molecule has 3 rings (SSSR count). The van der Waals surface area contributed by atoms with Crippen molar-refractivity contribution in [1.82, 2.24) is 14.7 Å². The van der Waals surface area contributed by atoms with E-state index in [1.54, 1.807) is 28.0 Å². The lowest BCUT2D eigenvalue weighted by molar-refractivity contribution is 0.0707. The number of carbonyl (C=O) groups excluding carboxylic acids is 1. The highest BCUT2D eigenvalue weighted by Crippen LogP contribution is 2.19. The van der Waals surface area contributed by atoms with Crippen molar-refractivity contribution in [3.05, 3.63) is 78.1 Å². The van der Waals surface area contributed by atoms with Gasteiger partial charge in [0.1, 0.15) is 5.75 Å². The summed E-state index contributed by atoms with van der Waals surface area (Å²) in [6.45, 7) is 3.03. The number of hydrogen-bond acceptors (Lipinski definition) is 4. The number of para-hydroxylation sites is 1. The number of carbonyl (C=O) groups is 1. The van der Waals surface area contributed by atoms with Gasteiger partial charge in [-0.1, -0.05) is 24.3 Å². The molecule has 6 heteroatoms. The Labute approximate surface area is 158 Å². The summed E-state index contributed by atoms with van der Waals surface area (Å²) in [4.78, 5) is 14.8. The van der Waals surface area contributed by atoms with Gasteiger partial charge in [0.15, 0.2) is 0 Å². The predicted molar refractivity (Wildman–Crippen MR) is 103 cm³/mol. The van der Waals surface area contributed by atoms with Crippen LogP contribution in [0.25, 0.3) is 5.69 Å². The molecule has 0 unspecified atom stereocenters. The van der Waals surface area contributed by atoms with E-state index in [9.17, 15) is 9.90 Å². The van der Waals surface area contributed by atoms with Gasteiger partial charge < -0.3 is 14.7 Å². The van der Waals surface area contributed by atoms with Crippen LogP contribution in [-0.4, -0.2) is 45.5 Å². The molecule has 0 fully saturated rings. The zero-order chi connectivity index (χ0) is 19.1. The molecule has 0 radical (unpaired) electrons. The second-order valence-electron chi connectivity index (χ2n) is 6.00. The predicted octanol–water partition coefficient (Wildman–Crippen LogP) is 2.91. The van der Waals surface area contributed by atoms with Gasteiger partial charge in [-0.05, 0) is 42.8 Å². The summed E-state index contributed by atoms with van der Waals surface area (Å²) in [5.41, 5.74) is 2.19. The Morgan fingerprint density at radius 3 is 2.78 bits per heavy atom. The van der Waals surface area contributed by atoms with Gasteiger partial charge in [0.2, 0.25) is 0 Å². The maximum absolute atomic E-state index is 13.2. The highest BCUT2D eigenvalue weighted by atomic mass is 16.5. The second-order valence-corrected chi connectivity index (χ2v) is 6.00. The van der Waals surface area contributed by atoms with Crippen molar-refractivity contribution < 1.29 is 14.6 Å². The van der Waals surface area contributed by atoms with Crippen molar-refractivity contribution in [2.45, 2.75) is 13.5 Å². The molecule has 1 amide bonds. The maximum atomic E-state index is 13.2. The van der Waals surface area contributed by atoms with Crippen molar-refractivity contribution in [3.63, 3.8) is 0 Å². The van der Waals surface area contributed by atoms with E-state index in [1.165, 1.54) is 0 Å². The topological polar surface area (TPSA) is 67.6 Å². The summed E-state index contributed by atoms with van der Waals surface area (Å²) >= 11 is 0. The largest absolute Gasteiger partial charge is 0.494 e. The summed E-state index contributed by atoms with van der Waals surface area (Å²) < 4.78 is 7.20. The van der Waals surface area contributed by atoms with Gasteiger partial charge in [-0.25, -0.2) is 4.68 Å². The molecule has 0 aliphatic rings. The number of aromatic nitrogens is 2. The minimum atomic E-state index is -0.156. The standard InChI is InChI=1S/C21H23N3O3/c1-2-27-18-8-5-7-17(15-18)16-23(13-14-25)21(26)19-9-3-4-10-20(19)24-12-6-11-22-24/h3-12,15,25H,2,13-14,16H2,1H3. The normalized spacial score (nSPS) is 10.6. The molecule has 1 N–H and O–H groups in total. The van der Waals surface area contributed by atoms with E-state index in [2.05, 4.69) is 5.10 Å². The van der Waals surface area contributed by atoms with Crippen molar-refractivity contribution in [3.8, 4) is 11.4 Å². The molecule has 0 aliphatic heterocycles. The molecule has 0 aliphatic carbocycles. The molecule has 0 saturated heterocycles. The Bertz CT molecular complexity index is 878. The Morgan fingerprint density at radius 2 is 2.04 bits per heavy atom. The van der Waals surface area contributed by atoms with Crippen LogP contribution in [0.2, 0.25) is 0 Å². The summed E-state index contributed by atoms with van der Waals surface area (Å²) in [6.07, 6.45) is 3.47. The van der Waals surface area contributed by atoms with Crippen molar-refractivity contribution in [2.24, 2.45) is 0 Å². The van der Waals surface area contributed by atoms with Crippen LogP contribution in [-0.2, 0) is 6.54 Å². The molecule has 1 heterocycles. The maximum Gasteiger partial charge on any atom is 0.256 e. The van der Waals surface area contributed by atoms with Crippen LogP contribution >= 0.6 is 0 Å². The van der Waals surface area contributed by atoms with Crippen LogP contribution in [0, 0.1) is 0 Å². The summed E-state index contributed by atoms with van der Waals surface area (Å²) in [7, 11) is 0. The molecule has 0 saturated carbocycles. The Balaban J connectivity index is 1.87. The molecule has 140 valence electrons. The third kappa shape index (κ3) is 4.54. The molecule has 1 aromatic heterocycles. The zero-order valence-corrected chi connectivity index (χ0v) is 15.3. The first kappa shape index (κ1) is 18.7. The van der Waals surface area contributed by atoms with Crippen molar-refractivity contribution in [1.29, 1.82) is 0 Å². The number of benzene rings is 2. The van der Waals surface area contributed by atoms with Gasteiger partial charge in [0.05, 0.1) is 24.5 Å². The number of aliphatic hydroxyl groups excluding tert-OH is 1. The van der Waals surface area contributed by atoms with Gasteiger partial charge in [0, 0.05) is 25.5 Å². The number of rotatable bonds is 8. The molecule has 0 bridgehead atoms. The first-order chi connectivity index (χ1) is 13.2. The minimum absolute atomic E-state index is 0.110. The molecule has 6 nitrogen and oxygen atoms in total. The highest BCUT2D eigenvalue weighted by molar-refractivity contribution is 5.97. The smallest absolute Gasteiger partial charge is 0.256 e. The van der Waals surface area contributed by atoms with E-state index in [1.807, 2.05) is 55.5 Å². The van der Waals surface area contributed by atoms with E-state index in [0.717, 1.165) is 11.3 Å². The summed E-state index contributed by atoms with van der Waals surface area (Å²) in [5.74, 6) is 0.611. The molecule has 0 atom stereocenters. The first-order valence-corrected chi connectivity index (χ1v) is 8.94. The third-order valence-corrected chi connectivity index (χ3v) is 4.13. The van der Waals surface area contributed by atoms with Gasteiger partial charge in [-0.3, -0.25) is 4.79 Å². The fraction of sp³-hybridized carbons (Fsp3) is 0.238. The van der Waals surface area contributed by atoms with Crippen LogP contribution in [0.4, 0.5) is 0 Å². The van der Waals surface area contributed by atoms with Gasteiger partial charge in [-0.15, -0.1) is 0 Å². The molecule has 0 spiro atoms. The average molecular weight is 365 g/mol. The van der Waals surface area contributed by atoms with Crippen LogP contribution in [0.15, 0.2) is 67.0 Å². The van der Waals surface area contributed by atoms with Gasteiger partial charge in [0.25, 0.3) is 5.91 Å². The van der Waals surface area contributed by atoms with Gasteiger partial charge >= 0.3 is 0 Å². The monoisotopic (exact) mass is 365 g/mol. The third-order valence-electron chi connectivity index (χ3n) is 4.13. The Morgan fingerprint density at radius 1 is 1.19 bits per heavy atom. The van der Waals surface area contributed by atoms with Gasteiger partial charge in [-0.2, -0.15) is 5.10 Å². The number of amides is 1. The summed E-state index contributed by atoms with van der Waals surface area (Å²) in [6, 6.07) is 16.8. The fourth-order valence-corrected chi connectivity index (χ4v) is 2.93. The van der Waals surface area contributed by atoms with E-state index >= 15 is 0 Å². The quantitative estimate of drug-likeness (QED) is 0.666. The number of hydrogen-bond donors (Lipinski definition) is 1. The van der Waals surface area contributed by atoms with E-state index in [-0.39, 0.29) is 19.1 Å². The lowest BCUT2D eigenvalue weighted by atomic mass is 10.1. The number of nitrogens with zero attached hydrogens (tertiary/aromatic N) is 3. The van der Waals surface area contributed by atoms with Crippen LogP contribution < -0.4 is 4.74 Å². The minimum Gasteiger partial charge on any atom is -0.494 e. The molecular formula is C21H23N3O3. The molecule has 27 heavy (non-hydrogen) atoms. The molecule has 3 aromatic rings. The van der Waals surface area contributed by atoms with E-state index in [4.69, 9.17) is 4.74 Å². The van der Waals surface area contributed by atoms with Crippen molar-refractivity contribution in [2.75, 3.05) is 19.8 Å². The first-order valence-electron chi connectivity index (χ1n) is 8.94. The van der Waals surface area contributed by atoms with E-state index in [0.29, 0.717) is 24.4 Å². The van der Waals surface area contributed by atoms with E-state index < -0.39 is 0 Å². The molecular weight excluding hydrogens is 342 g/mol. The van der Waals surface area contributed by atoms with Crippen molar-refractivity contribution >= 4 is 5.91 Å². The fourth-order valence-electron chi connectivity index (χ4n) is 2.93. The zero-order valence-electron chi connectivity index (χ0n) is 15.3. The number of ether oxygens (including phenoxy) is 1. The molecule has 2 aromatic carbocycles. The van der Waals surface area contributed by atoms with Crippen LogP contribution in [0.3, 0.4) is 0 Å². The lowest BCUT2D eigenvalue weighted by Crippen LogP contribution is -2.33. The Hall–Kier alpha value is -3.12. The van der Waals surface area contributed by atoms with Crippen LogP contribution in [0.1, 0.15) is 22.8 Å².